The van der Waals surface area contributed by atoms with E-state index in [9.17, 15) is 4.79 Å². The lowest BCUT2D eigenvalue weighted by Gasteiger charge is -2.11. The van der Waals surface area contributed by atoms with Gasteiger partial charge in [-0.05, 0) is 24.1 Å². The van der Waals surface area contributed by atoms with Gasteiger partial charge >= 0.3 is 0 Å². The van der Waals surface area contributed by atoms with Gasteiger partial charge < -0.3 is 10.1 Å². The van der Waals surface area contributed by atoms with E-state index in [0.717, 1.165) is 29.1 Å². The number of methoxy groups -OCH3 is 1. The molecule has 1 fully saturated rings. The van der Waals surface area contributed by atoms with Crippen LogP contribution in [-0.2, 0) is 11.3 Å². The molecule has 0 aliphatic carbocycles. The van der Waals surface area contributed by atoms with E-state index in [1.54, 1.807) is 7.11 Å². The fourth-order valence-electron chi connectivity index (χ4n) is 3.15. The Morgan fingerprint density at radius 3 is 2.58 bits per heavy atom. The third kappa shape index (κ3) is 3.31. The SMILES string of the molecule is COc1ccc(Cn2nc(-c3ccccc3)nc2[C@@H]2CCC(=O)N2)cc1. The molecule has 6 heteroatoms. The molecule has 1 N–H and O–H groups in total. The highest BCUT2D eigenvalue weighted by atomic mass is 16.5. The molecule has 0 radical (unpaired) electrons. The second-order valence-corrected chi connectivity index (χ2v) is 6.32. The lowest BCUT2D eigenvalue weighted by atomic mass is 10.2. The van der Waals surface area contributed by atoms with Gasteiger partial charge in [0.15, 0.2) is 11.6 Å². The van der Waals surface area contributed by atoms with Crippen molar-refractivity contribution in [3.8, 4) is 17.1 Å². The zero-order chi connectivity index (χ0) is 17.9. The smallest absolute Gasteiger partial charge is 0.220 e. The van der Waals surface area contributed by atoms with Gasteiger partial charge in [0.2, 0.25) is 5.91 Å². The first-order valence-corrected chi connectivity index (χ1v) is 8.65. The summed E-state index contributed by atoms with van der Waals surface area (Å²) in [5, 5.41) is 7.71. The fourth-order valence-corrected chi connectivity index (χ4v) is 3.15. The molecule has 1 aliphatic heterocycles. The minimum Gasteiger partial charge on any atom is -0.497 e. The number of carbonyl (C=O) groups is 1. The molecule has 2 aromatic carbocycles. The summed E-state index contributed by atoms with van der Waals surface area (Å²) in [6, 6.07) is 17.7. The Kier molecular flexibility index (Phi) is 4.39. The van der Waals surface area contributed by atoms with Crippen molar-refractivity contribution in [2.24, 2.45) is 0 Å². The molecule has 1 amide bonds. The van der Waals surface area contributed by atoms with Crippen molar-refractivity contribution in [1.82, 2.24) is 20.1 Å². The number of benzene rings is 2. The van der Waals surface area contributed by atoms with Crippen LogP contribution in [0.25, 0.3) is 11.4 Å². The molecule has 0 spiro atoms. The second kappa shape index (κ2) is 7.00. The zero-order valence-corrected chi connectivity index (χ0v) is 14.6. The molecule has 0 unspecified atom stereocenters. The second-order valence-electron chi connectivity index (χ2n) is 6.32. The maximum atomic E-state index is 11.7. The van der Waals surface area contributed by atoms with Crippen molar-refractivity contribution in [3.63, 3.8) is 0 Å². The van der Waals surface area contributed by atoms with Crippen LogP contribution >= 0.6 is 0 Å². The van der Waals surface area contributed by atoms with Crippen molar-refractivity contribution in [3.05, 3.63) is 66.0 Å². The van der Waals surface area contributed by atoms with Gasteiger partial charge in [0.05, 0.1) is 19.7 Å². The Balaban J connectivity index is 1.68. The van der Waals surface area contributed by atoms with Crippen LogP contribution in [0.4, 0.5) is 0 Å². The molecular formula is C20H20N4O2. The molecule has 3 aromatic rings. The van der Waals surface area contributed by atoms with E-state index in [0.29, 0.717) is 18.8 Å². The summed E-state index contributed by atoms with van der Waals surface area (Å²) >= 11 is 0. The van der Waals surface area contributed by atoms with Crippen LogP contribution in [0.3, 0.4) is 0 Å². The Morgan fingerprint density at radius 1 is 1.15 bits per heavy atom. The molecule has 0 bridgehead atoms. The third-order valence-electron chi connectivity index (χ3n) is 4.53. The lowest BCUT2D eigenvalue weighted by molar-refractivity contribution is -0.119. The van der Waals surface area contributed by atoms with Crippen LogP contribution in [0.5, 0.6) is 5.75 Å². The number of nitrogens with zero attached hydrogens (tertiary/aromatic N) is 3. The van der Waals surface area contributed by atoms with Gasteiger partial charge in [-0.2, -0.15) is 5.10 Å². The van der Waals surface area contributed by atoms with Crippen LogP contribution in [0.1, 0.15) is 30.3 Å². The first-order chi connectivity index (χ1) is 12.7. The van der Waals surface area contributed by atoms with Crippen LogP contribution in [0.2, 0.25) is 0 Å². The molecule has 1 atom stereocenters. The molecule has 0 saturated carbocycles. The Hall–Kier alpha value is -3.15. The lowest BCUT2D eigenvalue weighted by Crippen LogP contribution is -2.22. The van der Waals surface area contributed by atoms with E-state index < -0.39 is 0 Å². The zero-order valence-electron chi connectivity index (χ0n) is 14.6. The molecule has 132 valence electrons. The summed E-state index contributed by atoms with van der Waals surface area (Å²) in [5.41, 5.74) is 2.06. The summed E-state index contributed by atoms with van der Waals surface area (Å²) in [4.78, 5) is 16.4. The number of hydrogen-bond acceptors (Lipinski definition) is 4. The van der Waals surface area contributed by atoms with Gasteiger partial charge in [0.25, 0.3) is 0 Å². The van der Waals surface area contributed by atoms with Gasteiger partial charge in [-0.1, -0.05) is 42.5 Å². The van der Waals surface area contributed by atoms with Crippen LogP contribution in [-0.4, -0.2) is 27.8 Å². The van der Waals surface area contributed by atoms with E-state index in [2.05, 4.69) is 5.32 Å². The van der Waals surface area contributed by atoms with Crippen LogP contribution in [0, 0.1) is 0 Å². The van der Waals surface area contributed by atoms with Gasteiger partial charge in [-0.15, -0.1) is 0 Å². The van der Waals surface area contributed by atoms with Crippen LogP contribution < -0.4 is 10.1 Å². The van der Waals surface area contributed by atoms with Gasteiger partial charge in [-0.25, -0.2) is 9.67 Å². The largest absolute Gasteiger partial charge is 0.497 e. The average Bonchev–Trinajstić information content (AvgIpc) is 3.29. The number of ether oxygens (including phenoxy) is 1. The molecular weight excluding hydrogens is 328 g/mol. The highest BCUT2D eigenvalue weighted by Gasteiger charge is 2.28. The Morgan fingerprint density at radius 2 is 1.92 bits per heavy atom. The van der Waals surface area contributed by atoms with Gasteiger partial charge in [-0.3, -0.25) is 4.79 Å². The minimum absolute atomic E-state index is 0.0651. The predicted octanol–water partition coefficient (Wildman–Crippen LogP) is 2.95. The Labute approximate surface area is 151 Å². The highest BCUT2D eigenvalue weighted by molar-refractivity contribution is 5.78. The quantitative estimate of drug-likeness (QED) is 0.770. The molecule has 4 rings (SSSR count). The number of amides is 1. The molecule has 6 nitrogen and oxygen atoms in total. The molecule has 1 aliphatic rings. The maximum Gasteiger partial charge on any atom is 0.220 e. The van der Waals surface area contributed by atoms with E-state index in [1.807, 2.05) is 59.3 Å². The molecule has 2 heterocycles. The average molecular weight is 348 g/mol. The van der Waals surface area contributed by atoms with Crippen molar-refractivity contribution < 1.29 is 9.53 Å². The summed E-state index contributed by atoms with van der Waals surface area (Å²) in [6.45, 7) is 0.589. The first kappa shape index (κ1) is 16.3. The van der Waals surface area contributed by atoms with Crippen molar-refractivity contribution in [2.75, 3.05) is 7.11 Å². The van der Waals surface area contributed by atoms with Gasteiger partial charge in [0, 0.05) is 12.0 Å². The first-order valence-electron chi connectivity index (χ1n) is 8.65. The molecule has 26 heavy (non-hydrogen) atoms. The number of nitrogens with one attached hydrogen (secondary N) is 1. The van der Waals surface area contributed by atoms with Crippen molar-refractivity contribution in [1.29, 1.82) is 0 Å². The maximum absolute atomic E-state index is 11.7. The predicted molar refractivity (Wildman–Crippen MR) is 97.7 cm³/mol. The van der Waals surface area contributed by atoms with Crippen molar-refractivity contribution in [2.45, 2.75) is 25.4 Å². The summed E-state index contributed by atoms with van der Waals surface area (Å²) < 4.78 is 7.11. The molecule has 1 aromatic heterocycles. The normalized spacial score (nSPS) is 16.5. The monoisotopic (exact) mass is 348 g/mol. The topological polar surface area (TPSA) is 69.0 Å². The standard InChI is InChI=1S/C20H20N4O2/c1-26-16-9-7-14(8-10-16)13-24-20(17-11-12-18(25)21-17)22-19(23-24)15-5-3-2-4-6-15/h2-10,17H,11-13H2,1H3,(H,21,25)/t17-/m0/s1. The third-order valence-corrected chi connectivity index (χ3v) is 4.53. The van der Waals surface area contributed by atoms with Gasteiger partial charge in [0.1, 0.15) is 5.75 Å². The number of hydrogen-bond donors (Lipinski definition) is 1. The number of rotatable bonds is 5. The van der Waals surface area contributed by atoms with Crippen molar-refractivity contribution >= 4 is 5.91 Å². The van der Waals surface area contributed by atoms with E-state index in [4.69, 9.17) is 14.8 Å². The van der Waals surface area contributed by atoms with Crippen LogP contribution in [0.15, 0.2) is 54.6 Å². The number of aromatic nitrogens is 3. The highest BCUT2D eigenvalue weighted by Crippen LogP contribution is 2.26. The fraction of sp³-hybridized carbons (Fsp3) is 0.250. The summed E-state index contributed by atoms with van der Waals surface area (Å²) in [5.74, 6) is 2.36. The summed E-state index contributed by atoms with van der Waals surface area (Å²) in [6.07, 6.45) is 1.27. The minimum atomic E-state index is -0.0919. The van der Waals surface area contributed by atoms with E-state index >= 15 is 0 Å². The van der Waals surface area contributed by atoms with E-state index in [-0.39, 0.29) is 11.9 Å². The molecule has 1 saturated heterocycles. The number of carbonyl (C=O) groups excluding carboxylic acids is 1. The van der Waals surface area contributed by atoms with E-state index in [1.165, 1.54) is 0 Å². The Bertz CT molecular complexity index is 903. The summed E-state index contributed by atoms with van der Waals surface area (Å²) in [7, 11) is 1.65.